The Balaban J connectivity index is 2.16. The van der Waals surface area contributed by atoms with Crippen LogP contribution < -0.4 is 4.74 Å². The second-order valence-corrected chi connectivity index (χ2v) is 7.67. The second kappa shape index (κ2) is 9.43. The molecular formula is C25H24F6O. The molecule has 0 N–H and O–H groups in total. The van der Waals surface area contributed by atoms with Gasteiger partial charge in [0.2, 0.25) is 0 Å². The van der Waals surface area contributed by atoms with E-state index in [9.17, 15) is 17.6 Å². The van der Waals surface area contributed by atoms with Gasteiger partial charge >= 0.3 is 6.18 Å². The first-order valence-electron chi connectivity index (χ1n) is 10.5. The molecule has 0 saturated carbocycles. The summed E-state index contributed by atoms with van der Waals surface area (Å²) in [5.41, 5.74) is -4.84. The molecule has 3 rings (SSSR count). The quantitative estimate of drug-likeness (QED) is 0.389. The first-order valence-corrected chi connectivity index (χ1v) is 10.5. The molecule has 2 aromatic carbocycles. The van der Waals surface area contributed by atoms with Crippen LogP contribution in [0.15, 0.2) is 54.6 Å². The van der Waals surface area contributed by atoms with Crippen LogP contribution in [0.4, 0.5) is 26.3 Å². The van der Waals surface area contributed by atoms with E-state index in [1.54, 1.807) is 19.1 Å². The van der Waals surface area contributed by atoms with Gasteiger partial charge in [-0.3, -0.25) is 0 Å². The topological polar surface area (TPSA) is 9.23 Å². The van der Waals surface area contributed by atoms with Gasteiger partial charge in [-0.15, -0.1) is 0 Å². The van der Waals surface area contributed by atoms with Crippen molar-refractivity contribution in [1.82, 2.24) is 0 Å². The lowest BCUT2D eigenvalue weighted by molar-refractivity contribution is -0.141. The van der Waals surface area contributed by atoms with Crippen molar-refractivity contribution in [3.05, 3.63) is 82.7 Å². The number of hydrogen-bond donors (Lipinski definition) is 0. The van der Waals surface area contributed by atoms with Gasteiger partial charge in [-0.2, -0.15) is 13.2 Å². The number of hydrogen-bond acceptors (Lipinski definition) is 1. The molecule has 172 valence electrons. The highest BCUT2D eigenvalue weighted by atomic mass is 19.4. The highest BCUT2D eigenvalue weighted by Crippen LogP contribution is 2.49. The number of rotatable bonds is 7. The van der Waals surface area contributed by atoms with E-state index in [1.807, 2.05) is 6.92 Å². The van der Waals surface area contributed by atoms with Gasteiger partial charge in [0.25, 0.3) is 0 Å². The van der Waals surface area contributed by atoms with Gasteiger partial charge in [0, 0.05) is 11.1 Å². The third-order valence-corrected chi connectivity index (χ3v) is 5.37. The Morgan fingerprint density at radius 1 is 1.00 bits per heavy atom. The lowest BCUT2D eigenvalue weighted by Gasteiger charge is -2.33. The fourth-order valence-electron chi connectivity index (χ4n) is 3.82. The van der Waals surface area contributed by atoms with Crippen molar-refractivity contribution in [2.75, 3.05) is 6.61 Å². The molecule has 1 nitrogen and oxygen atoms in total. The fourth-order valence-corrected chi connectivity index (χ4v) is 3.82. The number of ether oxygens (including phenoxy) is 1. The van der Waals surface area contributed by atoms with E-state index in [0.29, 0.717) is 6.42 Å². The van der Waals surface area contributed by atoms with Crippen LogP contribution in [0.5, 0.6) is 5.75 Å². The summed E-state index contributed by atoms with van der Waals surface area (Å²) in [6.45, 7) is 3.63. The Labute approximate surface area is 183 Å². The van der Waals surface area contributed by atoms with Gasteiger partial charge in [-0.25, -0.2) is 13.2 Å². The standard InChI is InChI=1S/C25H24F6O/c1-3-6-16-9-11-17(12-10-16)24(28)19(7-5-8-21(24)26)18-13-14-20(32-15-4-2)22(23(18)27)25(29,30)31/h5,7-14,21H,3-4,6,15H2,1-2H3. The third-order valence-electron chi connectivity index (χ3n) is 5.37. The van der Waals surface area contributed by atoms with Gasteiger partial charge in [-0.05, 0) is 42.2 Å². The zero-order chi connectivity index (χ0) is 23.5. The molecule has 0 radical (unpaired) electrons. The van der Waals surface area contributed by atoms with Crippen LogP contribution in [0.2, 0.25) is 0 Å². The van der Waals surface area contributed by atoms with E-state index in [-0.39, 0.29) is 12.2 Å². The molecule has 0 saturated heterocycles. The molecule has 1 aliphatic carbocycles. The van der Waals surface area contributed by atoms with Crippen molar-refractivity contribution in [2.24, 2.45) is 0 Å². The van der Waals surface area contributed by atoms with E-state index in [4.69, 9.17) is 4.74 Å². The molecule has 0 fully saturated rings. The Hall–Kier alpha value is -2.70. The Morgan fingerprint density at radius 2 is 1.69 bits per heavy atom. The number of benzene rings is 2. The molecule has 7 heteroatoms. The summed E-state index contributed by atoms with van der Waals surface area (Å²) >= 11 is 0. The van der Waals surface area contributed by atoms with Gasteiger partial charge in [0.15, 0.2) is 11.8 Å². The number of halogens is 6. The Morgan fingerprint density at radius 3 is 2.28 bits per heavy atom. The molecule has 0 aromatic heterocycles. The summed E-state index contributed by atoms with van der Waals surface area (Å²) in [6, 6.07) is 8.03. The van der Waals surface area contributed by atoms with Crippen LogP contribution in [0.1, 0.15) is 48.9 Å². The molecule has 2 aromatic rings. The summed E-state index contributed by atoms with van der Waals surface area (Å²) < 4.78 is 92.6. The first kappa shape index (κ1) is 24.0. The maximum Gasteiger partial charge on any atom is 0.422 e. The number of allylic oxidation sites excluding steroid dienone is 4. The number of alkyl halides is 5. The maximum absolute atomic E-state index is 16.3. The predicted molar refractivity (Wildman–Crippen MR) is 112 cm³/mol. The molecule has 0 aliphatic heterocycles. The van der Waals surface area contributed by atoms with Crippen LogP contribution in [-0.2, 0) is 18.3 Å². The molecular weight excluding hydrogens is 430 g/mol. The summed E-state index contributed by atoms with van der Waals surface area (Å²) in [4.78, 5) is 0. The molecule has 2 atom stereocenters. The fraction of sp³-hybridized carbons (Fsp3) is 0.360. The lowest BCUT2D eigenvalue weighted by Crippen LogP contribution is -2.34. The zero-order valence-corrected chi connectivity index (χ0v) is 17.8. The summed E-state index contributed by atoms with van der Waals surface area (Å²) in [5.74, 6) is -2.37. The molecule has 1 aliphatic rings. The highest BCUT2D eigenvalue weighted by molar-refractivity contribution is 5.79. The summed E-state index contributed by atoms with van der Waals surface area (Å²) in [7, 11) is 0. The maximum atomic E-state index is 16.3. The Bertz CT molecular complexity index is 1010. The lowest BCUT2D eigenvalue weighted by atomic mass is 9.77. The largest absolute Gasteiger partial charge is 0.493 e. The normalized spacial score (nSPS) is 20.9. The highest BCUT2D eigenvalue weighted by Gasteiger charge is 2.48. The Kier molecular flexibility index (Phi) is 7.06. The third kappa shape index (κ3) is 4.43. The van der Waals surface area contributed by atoms with Crippen molar-refractivity contribution in [3.8, 4) is 5.75 Å². The van der Waals surface area contributed by atoms with Crippen molar-refractivity contribution in [3.63, 3.8) is 0 Å². The molecule has 0 heterocycles. The summed E-state index contributed by atoms with van der Waals surface area (Å²) in [5, 5.41) is 0. The minimum atomic E-state index is -5.08. The second-order valence-electron chi connectivity index (χ2n) is 7.67. The van der Waals surface area contributed by atoms with Gasteiger partial charge in [0.1, 0.15) is 17.1 Å². The van der Waals surface area contributed by atoms with Crippen LogP contribution in [0.25, 0.3) is 5.57 Å². The van der Waals surface area contributed by atoms with Crippen LogP contribution >= 0.6 is 0 Å². The average molecular weight is 454 g/mol. The average Bonchev–Trinajstić information content (AvgIpc) is 2.74. The van der Waals surface area contributed by atoms with E-state index in [1.165, 1.54) is 18.2 Å². The smallest absolute Gasteiger partial charge is 0.422 e. The van der Waals surface area contributed by atoms with Gasteiger partial charge in [-0.1, -0.05) is 56.7 Å². The van der Waals surface area contributed by atoms with Crippen LogP contribution in [0.3, 0.4) is 0 Å². The van der Waals surface area contributed by atoms with Crippen LogP contribution in [0, 0.1) is 5.82 Å². The number of aryl methyl sites for hydroxylation is 1. The molecule has 2 unspecified atom stereocenters. The van der Waals surface area contributed by atoms with Crippen molar-refractivity contribution in [1.29, 1.82) is 0 Å². The van der Waals surface area contributed by atoms with E-state index in [2.05, 4.69) is 0 Å². The SMILES string of the molecule is CCCOc1ccc(C2=CC=CC(F)C2(F)c2ccc(CCC)cc2)c(F)c1C(F)(F)F. The van der Waals surface area contributed by atoms with E-state index >= 15 is 8.78 Å². The summed E-state index contributed by atoms with van der Waals surface area (Å²) in [6.07, 6.45) is -2.01. The molecule has 32 heavy (non-hydrogen) atoms. The monoisotopic (exact) mass is 454 g/mol. The minimum Gasteiger partial charge on any atom is -0.493 e. The molecule has 0 amide bonds. The van der Waals surface area contributed by atoms with Gasteiger partial charge in [0.05, 0.1) is 6.61 Å². The molecule has 0 bridgehead atoms. The van der Waals surface area contributed by atoms with Gasteiger partial charge < -0.3 is 4.74 Å². The van der Waals surface area contributed by atoms with Crippen molar-refractivity contribution >= 4 is 5.57 Å². The zero-order valence-electron chi connectivity index (χ0n) is 17.8. The molecule has 0 spiro atoms. The van der Waals surface area contributed by atoms with Crippen molar-refractivity contribution < 1.29 is 31.1 Å². The van der Waals surface area contributed by atoms with E-state index < -0.39 is 46.3 Å². The van der Waals surface area contributed by atoms with E-state index in [0.717, 1.165) is 42.7 Å². The minimum absolute atomic E-state index is 0.0446. The first-order chi connectivity index (χ1) is 15.1. The van der Waals surface area contributed by atoms with Crippen LogP contribution in [-0.4, -0.2) is 12.8 Å². The predicted octanol–water partition coefficient (Wildman–Crippen LogP) is 7.74. The van der Waals surface area contributed by atoms with Crippen molar-refractivity contribution in [2.45, 2.75) is 51.1 Å².